The van der Waals surface area contributed by atoms with Gasteiger partial charge >= 0.3 is 6.03 Å². The molecule has 0 unspecified atom stereocenters. The zero-order valence-corrected chi connectivity index (χ0v) is 19.0. The van der Waals surface area contributed by atoms with Gasteiger partial charge in [0, 0.05) is 18.8 Å². The Morgan fingerprint density at radius 3 is 1.74 bits per heavy atom. The van der Waals surface area contributed by atoms with Gasteiger partial charge in [0.05, 0.1) is 11.4 Å². The van der Waals surface area contributed by atoms with Crippen LogP contribution in [0.1, 0.15) is 24.0 Å². The molecule has 2 fully saturated rings. The van der Waals surface area contributed by atoms with Crippen molar-refractivity contribution in [2.24, 2.45) is 0 Å². The Balaban J connectivity index is 1.58. The maximum absolute atomic E-state index is 13.5. The van der Waals surface area contributed by atoms with E-state index < -0.39 is 17.8 Å². The Morgan fingerprint density at radius 1 is 0.706 bits per heavy atom. The van der Waals surface area contributed by atoms with E-state index >= 15 is 0 Å². The van der Waals surface area contributed by atoms with Crippen molar-refractivity contribution in [1.82, 2.24) is 0 Å². The fourth-order valence-corrected chi connectivity index (χ4v) is 4.59. The Bertz CT molecular complexity index is 1220. The lowest BCUT2D eigenvalue weighted by molar-refractivity contribution is -0.121. The summed E-state index contributed by atoms with van der Waals surface area (Å²) in [5, 5.41) is 0. The minimum Gasteiger partial charge on any atom is -0.371 e. The molecule has 2 saturated heterocycles. The van der Waals surface area contributed by atoms with Crippen LogP contribution >= 0.6 is 0 Å². The van der Waals surface area contributed by atoms with Crippen LogP contribution < -0.4 is 14.7 Å². The molecular formula is C28H25N3O3. The van der Waals surface area contributed by atoms with Crippen LogP contribution in [-0.4, -0.2) is 30.9 Å². The molecule has 0 bridgehead atoms. The highest BCUT2D eigenvalue weighted by Gasteiger charge is 2.43. The van der Waals surface area contributed by atoms with E-state index in [-0.39, 0.29) is 5.57 Å². The number of hydrogen-bond acceptors (Lipinski definition) is 4. The summed E-state index contributed by atoms with van der Waals surface area (Å²) in [5.74, 6) is -1.26. The number of nitrogens with zero attached hydrogens (tertiary/aromatic N) is 3. The highest BCUT2D eigenvalue weighted by Crippen LogP contribution is 2.31. The summed E-state index contributed by atoms with van der Waals surface area (Å²) >= 11 is 0. The van der Waals surface area contributed by atoms with Gasteiger partial charge in [-0.05, 0) is 73.4 Å². The number of amides is 4. The third-order valence-corrected chi connectivity index (χ3v) is 6.26. The van der Waals surface area contributed by atoms with Crippen LogP contribution in [-0.2, 0) is 9.59 Å². The van der Waals surface area contributed by atoms with Gasteiger partial charge < -0.3 is 4.90 Å². The van der Waals surface area contributed by atoms with Crippen LogP contribution in [0.15, 0.2) is 84.4 Å². The molecule has 3 aromatic rings. The van der Waals surface area contributed by atoms with Crippen molar-refractivity contribution < 1.29 is 14.4 Å². The molecule has 5 rings (SSSR count). The van der Waals surface area contributed by atoms with Crippen LogP contribution in [0.4, 0.5) is 21.9 Å². The zero-order valence-electron chi connectivity index (χ0n) is 19.0. The number of anilines is 3. The summed E-state index contributed by atoms with van der Waals surface area (Å²) in [7, 11) is 0. The topological polar surface area (TPSA) is 60.9 Å². The average Bonchev–Trinajstić information content (AvgIpc) is 3.38. The van der Waals surface area contributed by atoms with Gasteiger partial charge in [-0.1, -0.05) is 42.5 Å². The number of urea groups is 1. The lowest BCUT2D eigenvalue weighted by atomic mass is 10.0. The summed E-state index contributed by atoms with van der Waals surface area (Å²) < 4.78 is 0. The van der Waals surface area contributed by atoms with E-state index in [1.54, 1.807) is 54.6 Å². The number of para-hydroxylation sites is 2. The quantitative estimate of drug-likeness (QED) is 0.405. The molecule has 34 heavy (non-hydrogen) atoms. The molecule has 0 aromatic heterocycles. The van der Waals surface area contributed by atoms with Gasteiger partial charge in [-0.3, -0.25) is 9.59 Å². The van der Waals surface area contributed by atoms with Crippen LogP contribution in [0.5, 0.6) is 0 Å². The van der Waals surface area contributed by atoms with E-state index in [1.165, 1.54) is 18.5 Å². The predicted octanol–water partition coefficient (Wildman–Crippen LogP) is 5.18. The monoisotopic (exact) mass is 451 g/mol. The van der Waals surface area contributed by atoms with E-state index in [2.05, 4.69) is 4.90 Å². The molecule has 2 heterocycles. The molecule has 3 aromatic carbocycles. The van der Waals surface area contributed by atoms with Gasteiger partial charge in [0.1, 0.15) is 5.57 Å². The maximum Gasteiger partial charge on any atom is 0.343 e. The summed E-state index contributed by atoms with van der Waals surface area (Å²) in [6.07, 6.45) is 3.96. The van der Waals surface area contributed by atoms with E-state index in [0.29, 0.717) is 11.4 Å². The van der Waals surface area contributed by atoms with E-state index in [4.69, 9.17) is 0 Å². The smallest absolute Gasteiger partial charge is 0.343 e. The molecule has 2 aliphatic rings. The van der Waals surface area contributed by atoms with Gasteiger partial charge in [0.15, 0.2) is 0 Å². The second-order valence-corrected chi connectivity index (χ2v) is 8.53. The van der Waals surface area contributed by atoms with E-state index in [1.807, 2.05) is 37.3 Å². The first-order valence-electron chi connectivity index (χ1n) is 11.4. The number of hydrogen-bond donors (Lipinski definition) is 0. The minimum absolute atomic E-state index is 0.0550. The van der Waals surface area contributed by atoms with Crippen molar-refractivity contribution in [3.05, 3.63) is 95.6 Å². The van der Waals surface area contributed by atoms with Gasteiger partial charge in [-0.15, -0.1) is 0 Å². The second kappa shape index (κ2) is 8.98. The minimum atomic E-state index is -0.690. The number of benzene rings is 3. The Labute approximate surface area is 198 Å². The molecule has 0 spiro atoms. The molecule has 0 saturated carbocycles. The molecule has 6 nitrogen and oxygen atoms in total. The number of rotatable bonds is 4. The first-order valence-corrected chi connectivity index (χ1v) is 11.4. The van der Waals surface area contributed by atoms with Crippen molar-refractivity contribution >= 4 is 41.0 Å². The van der Waals surface area contributed by atoms with Crippen molar-refractivity contribution in [2.75, 3.05) is 27.8 Å². The van der Waals surface area contributed by atoms with Gasteiger partial charge in [0.2, 0.25) is 0 Å². The van der Waals surface area contributed by atoms with Crippen molar-refractivity contribution in [2.45, 2.75) is 19.8 Å². The molecule has 6 heteroatoms. The standard InChI is InChI=1S/C28H25N3O3/c1-20-18-21(14-15-25(20)29-16-8-9-17-29)19-24-26(32)30(22-10-4-2-5-11-22)28(34)31(27(24)33)23-12-6-3-7-13-23/h2-7,10-15,18-19H,8-9,16-17H2,1H3. The molecule has 4 amide bonds. The molecule has 0 atom stereocenters. The highest BCUT2D eigenvalue weighted by atomic mass is 16.2. The predicted molar refractivity (Wildman–Crippen MR) is 134 cm³/mol. The van der Waals surface area contributed by atoms with Gasteiger partial charge in [-0.2, -0.15) is 0 Å². The Morgan fingerprint density at radius 2 is 1.24 bits per heavy atom. The fraction of sp³-hybridized carbons (Fsp3) is 0.179. The van der Waals surface area contributed by atoms with Gasteiger partial charge in [-0.25, -0.2) is 14.6 Å². The molecule has 0 N–H and O–H groups in total. The second-order valence-electron chi connectivity index (χ2n) is 8.53. The average molecular weight is 452 g/mol. The van der Waals surface area contributed by atoms with E-state index in [9.17, 15) is 14.4 Å². The van der Waals surface area contributed by atoms with Crippen molar-refractivity contribution in [3.8, 4) is 0 Å². The number of imide groups is 2. The number of barbiturate groups is 1. The largest absolute Gasteiger partial charge is 0.371 e. The lowest BCUT2D eigenvalue weighted by Crippen LogP contribution is -2.57. The number of aryl methyl sites for hydroxylation is 1. The molecule has 0 aliphatic carbocycles. The zero-order chi connectivity index (χ0) is 23.7. The molecule has 0 radical (unpaired) electrons. The van der Waals surface area contributed by atoms with Crippen LogP contribution in [0.3, 0.4) is 0 Å². The van der Waals surface area contributed by atoms with Gasteiger partial charge in [0.25, 0.3) is 11.8 Å². The summed E-state index contributed by atoms with van der Waals surface area (Å²) in [4.78, 5) is 44.8. The highest BCUT2D eigenvalue weighted by molar-refractivity contribution is 6.46. The summed E-state index contributed by atoms with van der Waals surface area (Å²) in [6.45, 7) is 4.12. The number of carbonyl (C=O) groups excluding carboxylic acids is 3. The van der Waals surface area contributed by atoms with Crippen molar-refractivity contribution in [1.29, 1.82) is 0 Å². The number of carbonyl (C=O) groups is 3. The van der Waals surface area contributed by atoms with Crippen molar-refractivity contribution in [3.63, 3.8) is 0 Å². The molecular weight excluding hydrogens is 426 g/mol. The van der Waals surface area contributed by atoms with Crippen LogP contribution in [0, 0.1) is 6.92 Å². The lowest BCUT2D eigenvalue weighted by Gasteiger charge is -2.34. The SMILES string of the molecule is Cc1cc(C=C2C(=O)N(c3ccccc3)C(=O)N(c3ccccc3)C2=O)ccc1N1CCCC1. The third-order valence-electron chi connectivity index (χ3n) is 6.26. The van der Waals surface area contributed by atoms with Crippen LogP contribution in [0.25, 0.3) is 6.08 Å². The Kier molecular flexibility index (Phi) is 5.72. The fourth-order valence-electron chi connectivity index (χ4n) is 4.59. The van der Waals surface area contributed by atoms with E-state index in [0.717, 1.165) is 34.0 Å². The Hall–Kier alpha value is -4.19. The molecule has 170 valence electrons. The third kappa shape index (κ3) is 3.88. The van der Waals surface area contributed by atoms with Crippen LogP contribution in [0.2, 0.25) is 0 Å². The first kappa shape index (κ1) is 21.6. The maximum atomic E-state index is 13.5. The first-order chi connectivity index (χ1) is 16.5. The summed E-state index contributed by atoms with van der Waals surface area (Å²) in [5.41, 5.74) is 3.78. The normalized spacial score (nSPS) is 16.4. The summed E-state index contributed by atoms with van der Waals surface area (Å²) in [6, 6.07) is 22.6. The molecule has 2 aliphatic heterocycles.